The van der Waals surface area contributed by atoms with Crippen LogP contribution >= 0.6 is 0 Å². The number of aliphatic hydroxyl groups is 1. The van der Waals surface area contributed by atoms with Crippen molar-refractivity contribution in [2.24, 2.45) is 5.41 Å². The number of hydrogen-bond acceptors (Lipinski definition) is 3. The summed E-state index contributed by atoms with van der Waals surface area (Å²) in [7, 11) is 0. The van der Waals surface area contributed by atoms with Gasteiger partial charge in [-0.3, -0.25) is 0 Å². The van der Waals surface area contributed by atoms with Crippen LogP contribution in [0.15, 0.2) is 36.1 Å². The molecule has 2 N–H and O–H groups in total. The van der Waals surface area contributed by atoms with Gasteiger partial charge in [-0.2, -0.15) is 5.26 Å². The molecule has 14 heavy (non-hydrogen) atoms. The average Bonchev–Trinajstić information content (AvgIpc) is 2.18. The molecule has 1 rings (SSSR count). The van der Waals surface area contributed by atoms with Crippen LogP contribution in [0.25, 0.3) is 0 Å². The highest BCUT2D eigenvalue weighted by Crippen LogP contribution is 2.29. The monoisotopic (exact) mass is 191 g/mol. The molecule has 72 valence electrons. The van der Waals surface area contributed by atoms with Crippen LogP contribution in [0.4, 0.5) is 0 Å². The van der Waals surface area contributed by atoms with E-state index >= 15 is 0 Å². The number of nitriles is 1. The molecule has 1 unspecified atom stereocenters. The van der Waals surface area contributed by atoms with E-state index in [9.17, 15) is 4.79 Å². The molecule has 0 saturated heterocycles. The fourth-order valence-corrected chi connectivity index (χ4v) is 1.11. The summed E-state index contributed by atoms with van der Waals surface area (Å²) < 4.78 is 0. The van der Waals surface area contributed by atoms with Crippen molar-refractivity contribution in [1.82, 2.24) is 0 Å². The summed E-state index contributed by atoms with van der Waals surface area (Å²) in [6.07, 6.45) is 6.89. The number of nitrogens with zero attached hydrogens (tertiary/aromatic N) is 1. The van der Waals surface area contributed by atoms with Gasteiger partial charge in [0.2, 0.25) is 0 Å². The van der Waals surface area contributed by atoms with Crippen molar-refractivity contribution in [3.63, 3.8) is 0 Å². The second-order valence-corrected chi connectivity index (χ2v) is 2.99. The Hall–Kier alpha value is -2.02. The third-order valence-electron chi connectivity index (χ3n) is 1.93. The molecule has 0 spiro atoms. The number of allylic oxidation sites excluding steroid dienone is 4. The van der Waals surface area contributed by atoms with Crippen LogP contribution in [0.1, 0.15) is 6.42 Å². The third-order valence-corrected chi connectivity index (χ3v) is 1.93. The molecule has 0 aromatic carbocycles. The van der Waals surface area contributed by atoms with Gasteiger partial charge in [-0.25, -0.2) is 4.79 Å². The van der Waals surface area contributed by atoms with E-state index in [2.05, 4.69) is 0 Å². The minimum atomic E-state index is -1.09. The normalized spacial score (nSPS) is 25.8. The summed E-state index contributed by atoms with van der Waals surface area (Å²) in [4.78, 5) is 10.3. The van der Waals surface area contributed by atoms with E-state index in [0.717, 1.165) is 6.08 Å². The Bertz CT molecular complexity index is 373. The Kier molecular flexibility index (Phi) is 2.73. The lowest BCUT2D eigenvalue weighted by atomic mass is 9.82. The molecule has 1 aliphatic rings. The molecule has 0 saturated carbocycles. The summed E-state index contributed by atoms with van der Waals surface area (Å²) in [6, 6.07) is 2.00. The first-order valence-corrected chi connectivity index (χ1v) is 4.00. The third kappa shape index (κ3) is 2.23. The predicted molar refractivity (Wildman–Crippen MR) is 49.3 cm³/mol. The Labute approximate surface area is 81.1 Å². The number of carboxylic acids is 1. The van der Waals surface area contributed by atoms with Gasteiger partial charge in [0, 0.05) is 6.08 Å². The molecule has 0 heterocycles. The minimum Gasteiger partial charge on any atom is -0.508 e. The number of rotatable bonds is 2. The van der Waals surface area contributed by atoms with Gasteiger partial charge >= 0.3 is 5.97 Å². The Balaban J connectivity index is 2.88. The second kappa shape index (κ2) is 3.79. The zero-order valence-electron chi connectivity index (χ0n) is 7.34. The largest absolute Gasteiger partial charge is 0.508 e. The van der Waals surface area contributed by atoms with Crippen molar-refractivity contribution in [2.45, 2.75) is 6.42 Å². The van der Waals surface area contributed by atoms with Gasteiger partial charge in [-0.05, 0) is 18.6 Å². The smallest absolute Gasteiger partial charge is 0.328 e. The van der Waals surface area contributed by atoms with E-state index in [1.165, 1.54) is 24.3 Å². The standard InChI is InChI=1S/C10H9NO3/c11-7-10(6-3-9(13)14)4-1-8(12)2-5-10/h1-4,6,12H,5H2,(H,13,14)/b6-3+. The van der Waals surface area contributed by atoms with E-state index in [4.69, 9.17) is 15.5 Å². The number of aliphatic hydroxyl groups excluding tert-OH is 1. The summed E-state index contributed by atoms with van der Waals surface area (Å²) >= 11 is 0. The minimum absolute atomic E-state index is 0.0969. The number of carboxylic acid groups (broad SMARTS) is 1. The van der Waals surface area contributed by atoms with Crippen LogP contribution in [-0.4, -0.2) is 16.2 Å². The topological polar surface area (TPSA) is 81.3 Å². The van der Waals surface area contributed by atoms with Crippen molar-refractivity contribution in [3.8, 4) is 6.07 Å². The maximum Gasteiger partial charge on any atom is 0.328 e. The maximum absolute atomic E-state index is 10.3. The highest BCUT2D eigenvalue weighted by atomic mass is 16.4. The van der Waals surface area contributed by atoms with Crippen LogP contribution in [-0.2, 0) is 4.79 Å². The van der Waals surface area contributed by atoms with E-state index < -0.39 is 11.4 Å². The van der Waals surface area contributed by atoms with Gasteiger partial charge in [-0.1, -0.05) is 12.2 Å². The molecule has 0 radical (unpaired) electrons. The van der Waals surface area contributed by atoms with Gasteiger partial charge < -0.3 is 10.2 Å². The van der Waals surface area contributed by atoms with Crippen LogP contribution in [0, 0.1) is 16.7 Å². The second-order valence-electron chi connectivity index (χ2n) is 2.99. The molecule has 0 fully saturated rings. The zero-order chi connectivity index (χ0) is 10.6. The Morgan fingerprint density at radius 2 is 2.43 bits per heavy atom. The van der Waals surface area contributed by atoms with E-state index in [-0.39, 0.29) is 12.2 Å². The van der Waals surface area contributed by atoms with Gasteiger partial charge in [0.25, 0.3) is 0 Å². The first kappa shape index (κ1) is 10.1. The first-order valence-electron chi connectivity index (χ1n) is 4.00. The van der Waals surface area contributed by atoms with Gasteiger partial charge in [0.05, 0.1) is 11.5 Å². The van der Waals surface area contributed by atoms with Crippen LogP contribution in [0.2, 0.25) is 0 Å². The lowest BCUT2D eigenvalue weighted by Gasteiger charge is -2.19. The lowest BCUT2D eigenvalue weighted by Crippen LogP contribution is -2.14. The molecule has 0 amide bonds. The van der Waals surface area contributed by atoms with E-state index in [1.807, 2.05) is 6.07 Å². The molecule has 0 aliphatic heterocycles. The SMILES string of the molecule is N#CC1(/C=C/C(=O)O)C=CC(O)=CC1. The van der Waals surface area contributed by atoms with Crippen molar-refractivity contribution >= 4 is 5.97 Å². The van der Waals surface area contributed by atoms with Crippen molar-refractivity contribution in [1.29, 1.82) is 5.26 Å². The number of aliphatic carboxylic acids is 1. The molecule has 0 aromatic rings. The summed E-state index contributed by atoms with van der Waals surface area (Å²) in [5.74, 6) is -0.994. The molecular formula is C10H9NO3. The van der Waals surface area contributed by atoms with Gasteiger partial charge in [0.15, 0.2) is 0 Å². The molecule has 4 heteroatoms. The maximum atomic E-state index is 10.3. The zero-order valence-corrected chi connectivity index (χ0v) is 7.34. The summed E-state index contributed by atoms with van der Waals surface area (Å²) in [5, 5.41) is 26.3. The van der Waals surface area contributed by atoms with Gasteiger partial charge in [-0.15, -0.1) is 0 Å². The van der Waals surface area contributed by atoms with Gasteiger partial charge in [0.1, 0.15) is 5.76 Å². The molecular weight excluding hydrogens is 182 g/mol. The lowest BCUT2D eigenvalue weighted by molar-refractivity contribution is -0.131. The van der Waals surface area contributed by atoms with Crippen molar-refractivity contribution < 1.29 is 15.0 Å². The van der Waals surface area contributed by atoms with Crippen molar-refractivity contribution in [2.75, 3.05) is 0 Å². The van der Waals surface area contributed by atoms with Crippen LogP contribution < -0.4 is 0 Å². The van der Waals surface area contributed by atoms with Crippen LogP contribution in [0.5, 0.6) is 0 Å². The Morgan fingerprint density at radius 3 is 2.86 bits per heavy atom. The molecule has 0 bridgehead atoms. The molecule has 1 aliphatic carbocycles. The number of carbonyl (C=O) groups is 1. The van der Waals surface area contributed by atoms with Crippen molar-refractivity contribution in [3.05, 3.63) is 36.1 Å². The quantitative estimate of drug-likeness (QED) is 0.648. The van der Waals surface area contributed by atoms with E-state index in [0.29, 0.717) is 0 Å². The Morgan fingerprint density at radius 1 is 1.71 bits per heavy atom. The first-order chi connectivity index (χ1) is 6.58. The molecule has 4 nitrogen and oxygen atoms in total. The predicted octanol–water partition coefficient (Wildman–Crippen LogP) is 1.54. The highest BCUT2D eigenvalue weighted by Gasteiger charge is 2.25. The fourth-order valence-electron chi connectivity index (χ4n) is 1.11. The van der Waals surface area contributed by atoms with Crippen LogP contribution in [0.3, 0.4) is 0 Å². The molecule has 1 atom stereocenters. The van der Waals surface area contributed by atoms with E-state index in [1.54, 1.807) is 0 Å². The number of hydrogen-bond donors (Lipinski definition) is 2. The molecule has 0 aromatic heterocycles. The highest BCUT2D eigenvalue weighted by molar-refractivity contribution is 5.80. The fraction of sp³-hybridized carbons (Fsp3) is 0.200. The summed E-state index contributed by atoms with van der Waals surface area (Å²) in [6.45, 7) is 0. The summed E-state index contributed by atoms with van der Waals surface area (Å²) in [5.41, 5.74) is -0.940. The average molecular weight is 191 g/mol.